The largest absolute Gasteiger partial charge is 0.504 e. The number of ether oxygens (including phenoxy) is 1. The van der Waals surface area contributed by atoms with E-state index in [1.165, 1.54) is 0 Å². The van der Waals surface area contributed by atoms with Crippen LogP contribution in [-0.4, -0.2) is 18.8 Å². The van der Waals surface area contributed by atoms with Crippen LogP contribution in [0.15, 0.2) is 30.9 Å². The Morgan fingerprint density at radius 1 is 1.60 bits per heavy atom. The molecule has 2 N–H and O–H groups in total. The van der Waals surface area contributed by atoms with Gasteiger partial charge in [0.1, 0.15) is 0 Å². The van der Waals surface area contributed by atoms with Gasteiger partial charge in [-0.05, 0) is 24.6 Å². The lowest BCUT2D eigenvalue weighted by atomic mass is 10.1. The van der Waals surface area contributed by atoms with Gasteiger partial charge in [-0.3, -0.25) is 0 Å². The van der Waals surface area contributed by atoms with Gasteiger partial charge in [-0.25, -0.2) is 0 Å². The Morgan fingerprint density at radius 3 is 2.93 bits per heavy atom. The number of nitrogens with one attached hydrogen (secondary N) is 1. The topological polar surface area (TPSA) is 41.5 Å². The summed E-state index contributed by atoms with van der Waals surface area (Å²) in [7, 11) is 1.54. The van der Waals surface area contributed by atoms with Gasteiger partial charge in [0.25, 0.3) is 0 Å². The van der Waals surface area contributed by atoms with Crippen LogP contribution in [0.1, 0.15) is 18.5 Å². The third-order valence-electron chi connectivity index (χ3n) is 2.27. The zero-order valence-electron chi connectivity index (χ0n) is 9.16. The van der Waals surface area contributed by atoms with Gasteiger partial charge in [0.05, 0.1) is 7.11 Å². The van der Waals surface area contributed by atoms with Crippen molar-refractivity contribution < 1.29 is 9.84 Å². The van der Waals surface area contributed by atoms with Crippen LogP contribution < -0.4 is 10.1 Å². The summed E-state index contributed by atoms with van der Waals surface area (Å²) in [5.41, 5.74) is 1.08. The smallest absolute Gasteiger partial charge is 0.160 e. The fourth-order valence-electron chi connectivity index (χ4n) is 1.34. The van der Waals surface area contributed by atoms with Crippen LogP contribution in [0, 0.1) is 0 Å². The van der Waals surface area contributed by atoms with E-state index >= 15 is 0 Å². The van der Waals surface area contributed by atoms with E-state index in [0.29, 0.717) is 5.75 Å². The van der Waals surface area contributed by atoms with Gasteiger partial charge in [-0.1, -0.05) is 12.1 Å². The van der Waals surface area contributed by atoms with E-state index in [4.69, 9.17) is 4.74 Å². The zero-order valence-corrected chi connectivity index (χ0v) is 9.16. The summed E-state index contributed by atoms with van der Waals surface area (Å²) < 4.78 is 5.04. The summed E-state index contributed by atoms with van der Waals surface area (Å²) in [6.45, 7) is 6.45. The Kier molecular flexibility index (Phi) is 4.18. The molecule has 1 rings (SSSR count). The van der Waals surface area contributed by atoms with E-state index in [0.717, 1.165) is 12.1 Å². The number of phenols is 1. The molecule has 0 fully saturated rings. The predicted molar refractivity (Wildman–Crippen MR) is 61.3 cm³/mol. The number of benzene rings is 1. The molecule has 0 saturated carbocycles. The van der Waals surface area contributed by atoms with E-state index in [1.807, 2.05) is 18.2 Å². The number of hydrogen-bond acceptors (Lipinski definition) is 3. The number of hydrogen-bond donors (Lipinski definition) is 2. The minimum atomic E-state index is 0.164. The first-order valence-corrected chi connectivity index (χ1v) is 4.90. The number of phenolic OH excluding ortho intramolecular Hbond substituents is 1. The summed E-state index contributed by atoms with van der Waals surface area (Å²) in [6.07, 6.45) is 1.81. The summed E-state index contributed by atoms with van der Waals surface area (Å²) in [6, 6.07) is 5.55. The molecular formula is C12H17NO2. The van der Waals surface area contributed by atoms with Crippen LogP contribution in [0.3, 0.4) is 0 Å². The van der Waals surface area contributed by atoms with E-state index in [2.05, 4.69) is 18.8 Å². The molecule has 0 spiro atoms. The van der Waals surface area contributed by atoms with Gasteiger partial charge in [0.2, 0.25) is 0 Å². The molecule has 1 atom stereocenters. The average molecular weight is 207 g/mol. The first kappa shape index (κ1) is 11.6. The SMILES string of the molecule is C=CCNC(C)c1ccc(O)c(OC)c1. The quantitative estimate of drug-likeness (QED) is 0.727. The molecule has 0 radical (unpaired) electrons. The van der Waals surface area contributed by atoms with Crippen LogP contribution >= 0.6 is 0 Å². The van der Waals surface area contributed by atoms with Gasteiger partial charge >= 0.3 is 0 Å². The molecule has 3 nitrogen and oxygen atoms in total. The number of rotatable bonds is 5. The fraction of sp³-hybridized carbons (Fsp3) is 0.333. The van der Waals surface area contributed by atoms with Crippen molar-refractivity contribution in [3.8, 4) is 11.5 Å². The monoisotopic (exact) mass is 207 g/mol. The highest BCUT2D eigenvalue weighted by atomic mass is 16.5. The van der Waals surface area contributed by atoms with Crippen molar-refractivity contribution in [3.05, 3.63) is 36.4 Å². The second-order valence-corrected chi connectivity index (χ2v) is 3.35. The second kappa shape index (κ2) is 5.41. The standard InChI is InChI=1S/C12H17NO2/c1-4-7-13-9(2)10-5-6-11(14)12(8-10)15-3/h4-6,8-9,13-14H,1,7H2,2-3H3. The third-order valence-corrected chi connectivity index (χ3v) is 2.27. The fourth-order valence-corrected chi connectivity index (χ4v) is 1.34. The van der Waals surface area contributed by atoms with Gasteiger partial charge in [-0.2, -0.15) is 0 Å². The summed E-state index contributed by atoms with van der Waals surface area (Å²) in [4.78, 5) is 0. The highest BCUT2D eigenvalue weighted by Crippen LogP contribution is 2.28. The Labute approximate surface area is 90.4 Å². The maximum atomic E-state index is 9.43. The highest BCUT2D eigenvalue weighted by molar-refractivity contribution is 5.42. The molecule has 1 aromatic rings. The van der Waals surface area contributed by atoms with Crippen molar-refractivity contribution in [1.82, 2.24) is 5.32 Å². The second-order valence-electron chi connectivity index (χ2n) is 3.35. The Hall–Kier alpha value is -1.48. The molecule has 0 saturated heterocycles. The van der Waals surface area contributed by atoms with Crippen LogP contribution in [0.4, 0.5) is 0 Å². The predicted octanol–water partition coefficient (Wildman–Crippen LogP) is 2.24. The van der Waals surface area contributed by atoms with Crippen LogP contribution in [0.5, 0.6) is 11.5 Å². The zero-order chi connectivity index (χ0) is 11.3. The molecular weight excluding hydrogens is 190 g/mol. The Bertz CT molecular complexity index is 336. The number of methoxy groups -OCH3 is 1. The van der Waals surface area contributed by atoms with Crippen molar-refractivity contribution in [2.45, 2.75) is 13.0 Å². The minimum absolute atomic E-state index is 0.164. The highest BCUT2D eigenvalue weighted by Gasteiger charge is 2.07. The summed E-state index contributed by atoms with van der Waals surface area (Å²) in [5.74, 6) is 0.664. The van der Waals surface area contributed by atoms with E-state index < -0.39 is 0 Å². The molecule has 3 heteroatoms. The van der Waals surface area contributed by atoms with E-state index in [1.54, 1.807) is 13.2 Å². The molecule has 1 aromatic carbocycles. The van der Waals surface area contributed by atoms with Crippen molar-refractivity contribution in [2.24, 2.45) is 0 Å². The molecule has 82 valence electrons. The first-order chi connectivity index (χ1) is 7.19. The van der Waals surface area contributed by atoms with Crippen molar-refractivity contribution in [1.29, 1.82) is 0 Å². The maximum absolute atomic E-state index is 9.43. The number of aromatic hydroxyl groups is 1. The maximum Gasteiger partial charge on any atom is 0.160 e. The first-order valence-electron chi connectivity index (χ1n) is 4.90. The van der Waals surface area contributed by atoms with Gasteiger partial charge in [0, 0.05) is 12.6 Å². The van der Waals surface area contributed by atoms with Crippen LogP contribution in [0.2, 0.25) is 0 Å². The third kappa shape index (κ3) is 2.99. The minimum Gasteiger partial charge on any atom is -0.504 e. The molecule has 0 amide bonds. The Balaban J connectivity index is 2.80. The molecule has 0 bridgehead atoms. The normalized spacial score (nSPS) is 12.1. The summed E-state index contributed by atoms with van der Waals surface area (Å²) in [5, 5.41) is 12.7. The van der Waals surface area contributed by atoms with E-state index in [-0.39, 0.29) is 11.8 Å². The molecule has 0 aromatic heterocycles. The molecule has 1 unspecified atom stereocenters. The van der Waals surface area contributed by atoms with Crippen LogP contribution in [0.25, 0.3) is 0 Å². The lowest BCUT2D eigenvalue weighted by Crippen LogP contribution is -2.18. The Morgan fingerprint density at radius 2 is 2.33 bits per heavy atom. The lowest BCUT2D eigenvalue weighted by molar-refractivity contribution is 0.372. The molecule has 0 aliphatic rings. The molecule has 0 aliphatic carbocycles. The summed E-state index contributed by atoms with van der Waals surface area (Å²) >= 11 is 0. The van der Waals surface area contributed by atoms with Gasteiger partial charge in [0.15, 0.2) is 11.5 Å². The average Bonchev–Trinajstić information content (AvgIpc) is 2.26. The van der Waals surface area contributed by atoms with Crippen molar-refractivity contribution >= 4 is 0 Å². The molecule has 0 heterocycles. The van der Waals surface area contributed by atoms with E-state index in [9.17, 15) is 5.11 Å². The van der Waals surface area contributed by atoms with Gasteiger partial charge < -0.3 is 15.2 Å². The van der Waals surface area contributed by atoms with Crippen molar-refractivity contribution in [2.75, 3.05) is 13.7 Å². The molecule has 15 heavy (non-hydrogen) atoms. The van der Waals surface area contributed by atoms with Gasteiger partial charge in [-0.15, -0.1) is 6.58 Å². The molecule has 0 aliphatic heterocycles. The van der Waals surface area contributed by atoms with Crippen molar-refractivity contribution in [3.63, 3.8) is 0 Å². The van der Waals surface area contributed by atoms with Crippen LogP contribution in [-0.2, 0) is 0 Å². The lowest BCUT2D eigenvalue weighted by Gasteiger charge is -2.14.